The van der Waals surface area contributed by atoms with Crippen molar-refractivity contribution in [1.29, 1.82) is 0 Å². The van der Waals surface area contributed by atoms with Gasteiger partial charge in [0.25, 0.3) is 6.47 Å². The Morgan fingerprint density at radius 3 is 2.45 bits per heavy atom. The molecule has 2 aliphatic heterocycles. The van der Waals surface area contributed by atoms with Crippen LogP contribution >= 0.6 is 0 Å². The van der Waals surface area contributed by atoms with Gasteiger partial charge in [0.1, 0.15) is 36.4 Å². The monoisotopic (exact) mass is 688 g/mol. The molecule has 3 aliphatic carbocycles. The standard InChI is InChI=1S/C35H44O14/c1-8-16(2)25(39)30(41)48-28-26(46-15-36)23(17(3)35(43)21(38)11-20(33(28,35)7)19-9-10-44-13-19)32(6)22(47-18(4)37)12-34(42)24-27(32)31(5,49-34)14-45-29(24)40/h9-10,13,15-16,20,22-28,39,42-43H,3,8,11-12,14H2,1-2,4-7H3. The summed E-state index contributed by atoms with van der Waals surface area (Å²) in [5.41, 5.74) is -6.82. The molecule has 0 aromatic carbocycles. The summed E-state index contributed by atoms with van der Waals surface area (Å²) in [5.74, 6) is -10.5. The van der Waals surface area contributed by atoms with Crippen LogP contribution in [0.4, 0.5) is 0 Å². The largest absolute Gasteiger partial charge is 0.472 e. The van der Waals surface area contributed by atoms with Crippen molar-refractivity contribution in [3.63, 3.8) is 0 Å². The fourth-order valence-corrected chi connectivity index (χ4v) is 10.2. The van der Waals surface area contributed by atoms with Gasteiger partial charge in [-0.3, -0.25) is 19.2 Å². The summed E-state index contributed by atoms with van der Waals surface area (Å²) in [6, 6.07) is 1.61. The van der Waals surface area contributed by atoms with E-state index in [0.717, 1.165) is 6.92 Å². The lowest BCUT2D eigenvalue weighted by atomic mass is 9.44. The summed E-state index contributed by atoms with van der Waals surface area (Å²) in [5, 5.41) is 35.6. The topological polar surface area (TPSA) is 205 Å². The van der Waals surface area contributed by atoms with E-state index in [-0.39, 0.29) is 25.1 Å². The minimum Gasteiger partial charge on any atom is -0.472 e. The maximum Gasteiger partial charge on any atom is 0.335 e. The Kier molecular flexibility index (Phi) is 8.25. The summed E-state index contributed by atoms with van der Waals surface area (Å²) in [7, 11) is 0. The van der Waals surface area contributed by atoms with Crippen molar-refractivity contribution in [3.05, 3.63) is 36.3 Å². The molecule has 4 bridgehead atoms. The Morgan fingerprint density at radius 2 is 1.86 bits per heavy atom. The Labute approximate surface area is 283 Å². The van der Waals surface area contributed by atoms with Crippen LogP contribution in [0.25, 0.3) is 0 Å². The second-order valence-electron chi connectivity index (χ2n) is 15.1. The summed E-state index contributed by atoms with van der Waals surface area (Å²) >= 11 is 0. The third kappa shape index (κ3) is 4.56. The van der Waals surface area contributed by atoms with E-state index in [1.807, 2.05) is 0 Å². The molecule has 3 N–H and O–H groups in total. The maximum absolute atomic E-state index is 14.3. The van der Waals surface area contributed by atoms with Crippen LogP contribution in [0.15, 0.2) is 35.2 Å². The van der Waals surface area contributed by atoms with Crippen molar-refractivity contribution >= 4 is 30.2 Å². The van der Waals surface area contributed by atoms with Crippen molar-refractivity contribution in [2.45, 2.75) is 108 Å². The molecule has 14 heteroatoms. The zero-order valence-corrected chi connectivity index (χ0v) is 28.4. The van der Waals surface area contributed by atoms with Crippen LogP contribution in [0, 0.1) is 34.5 Å². The summed E-state index contributed by atoms with van der Waals surface area (Å²) in [6.07, 6.45) is -3.50. The zero-order chi connectivity index (χ0) is 36.1. The highest BCUT2D eigenvalue weighted by atomic mass is 16.7. The Hall–Kier alpha value is -3.59. The molecule has 14 atom stereocenters. The highest BCUT2D eigenvalue weighted by Gasteiger charge is 2.82. The van der Waals surface area contributed by atoms with Crippen molar-refractivity contribution in [3.8, 4) is 0 Å². The summed E-state index contributed by atoms with van der Waals surface area (Å²) < 4.78 is 34.8. The van der Waals surface area contributed by atoms with E-state index in [1.54, 1.807) is 33.8 Å². The molecule has 268 valence electrons. The quantitative estimate of drug-likeness (QED) is 0.146. The molecule has 5 fully saturated rings. The lowest BCUT2D eigenvalue weighted by Crippen LogP contribution is -2.73. The van der Waals surface area contributed by atoms with Crippen molar-refractivity contribution in [1.82, 2.24) is 0 Å². The highest BCUT2D eigenvalue weighted by Crippen LogP contribution is 2.72. The van der Waals surface area contributed by atoms with Gasteiger partial charge < -0.3 is 43.4 Å². The zero-order valence-electron chi connectivity index (χ0n) is 28.4. The van der Waals surface area contributed by atoms with Gasteiger partial charge in [0.2, 0.25) is 0 Å². The number of rotatable bonds is 9. The first-order chi connectivity index (χ1) is 22.9. The number of hydrogen-bond donors (Lipinski definition) is 3. The van der Waals surface area contributed by atoms with Crippen molar-refractivity contribution in [2.75, 3.05) is 6.61 Å². The minimum absolute atomic E-state index is 0.125. The fourth-order valence-electron chi connectivity index (χ4n) is 10.2. The molecule has 3 saturated carbocycles. The van der Waals surface area contributed by atoms with Crippen LogP contribution < -0.4 is 0 Å². The molecule has 1 aromatic rings. The highest BCUT2D eigenvalue weighted by molar-refractivity contribution is 5.96. The van der Waals surface area contributed by atoms with Gasteiger partial charge in [-0.15, -0.1) is 0 Å². The average Bonchev–Trinajstić information content (AvgIpc) is 3.67. The number of esters is 3. The molecule has 0 radical (unpaired) electrons. The molecule has 6 rings (SSSR count). The van der Waals surface area contributed by atoms with E-state index in [9.17, 15) is 39.3 Å². The first-order valence-corrected chi connectivity index (χ1v) is 16.6. The smallest absolute Gasteiger partial charge is 0.335 e. The lowest BCUT2D eigenvalue weighted by molar-refractivity contribution is -0.260. The maximum atomic E-state index is 14.3. The first-order valence-electron chi connectivity index (χ1n) is 16.6. The number of cyclic esters (lactones) is 1. The Morgan fingerprint density at radius 1 is 1.16 bits per heavy atom. The number of ketones is 1. The number of furan rings is 1. The molecule has 3 heterocycles. The SMILES string of the molecule is C=C1C(C2(C)C(OC(C)=O)CC3(O)OC4(C)COC(=O)C3C42)C(OC=O)C(OC(=O)C(O)C(C)CC)C2(C)C(c3ccoc3)CC(=O)C12O. The van der Waals surface area contributed by atoms with Gasteiger partial charge in [0.15, 0.2) is 23.3 Å². The number of ether oxygens (including phenoxy) is 5. The molecule has 5 aliphatic rings. The molecular weight excluding hydrogens is 644 g/mol. The van der Waals surface area contributed by atoms with Crippen LogP contribution in [0.2, 0.25) is 0 Å². The summed E-state index contributed by atoms with van der Waals surface area (Å²) in [6.45, 7) is 13.5. The Bertz CT molecular complexity index is 1570. The molecule has 14 unspecified atom stereocenters. The molecular formula is C35H44O14. The predicted octanol–water partition coefficient (Wildman–Crippen LogP) is 1.73. The van der Waals surface area contributed by atoms with E-state index in [0.29, 0.717) is 12.0 Å². The third-order valence-electron chi connectivity index (χ3n) is 12.6. The van der Waals surface area contributed by atoms with Gasteiger partial charge >= 0.3 is 17.9 Å². The second kappa shape index (κ2) is 11.5. The number of fused-ring (bicyclic) bond motifs is 1. The van der Waals surface area contributed by atoms with E-state index in [4.69, 9.17) is 28.1 Å². The van der Waals surface area contributed by atoms with Gasteiger partial charge in [0, 0.05) is 42.9 Å². The molecule has 49 heavy (non-hydrogen) atoms. The minimum atomic E-state index is -2.46. The number of carbonyl (C=O) groups excluding carboxylic acids is 5. The van der Waals surface area contributed by atoms with Gasteiger partial charge in [-0.05, 0) is 30.0 Å². The lowest BCUT2D eigenvalue weighted by Gasteiger charge is -2.63. The molecule has 1 aromatic heterocycles. The van der Waals surface area contributed by atoms with Crippen LogP contribution in [-0.4, -0.2) is 93.5 Å². The van der Waals surface area contributed by atoms with Crippen LogP contribution in [0.1, 0.15) is 72.3 Å². The summed E-state index contributed by atoms with van der Waals surface area (Å²) in [4.78, 5) is 66.5. The molecule has 2 saturated heterocycles. The normalized spacial score (nSPS) is 45.2. The fraction of sp³-hybridized carbons (Fsp3) is 0.686. The van der Waals surface area contributed by atoms with Gasteiger partial charge in [-0.2, -0.15) is 0 Å². The molecule has 14 nitrogen and oxygen atoms in total. The van der Waals surface area contributed by atoms with E-state index in [1.165, 1.54) is 19.5 Å². The van der Waals surface area contributed by atoms with Crippen LogP contribution in [0.3, 0.4) is 0 Å². The van der Waals surface area contributed by atoms with Crippen LogP contribution in [0.5, 0.6) is 0 Å². The van der Waals surface area contributed by atoms with Crippen LogP contribution in [-0.2, 0) is 47.7 Å². The number of carbonyl (C=O) groups is 5. The van der Waals surface area contributed by atoms with Gasteiger partial charge in [-0.25, -0.2) is 4.79 Å². The molecule has 0 amide bonds. The first kappa shape index (κ1) is 35.2. The van der Waals surface area contributed by atoms with E-state index < -0.39 is 112 Å². The number of aliphatic hydroxyl groups is 3. The van der Waals surface area contributed by atoms with Gasteiger partial charge in [-0.1, -0.05) is 40.7 Å². The van der Waals surface area contributed by atoms with Crippen molar-refractivity contribution < 1.29 is 67.4 Å². The number of aliphatic hydroxyl groups excluding tert-OH is 1. The third-order valence-corrected chi connectivity index (χ3v) is 12.6. The van der Waals surface area contributed by atoms with E-state index in [2.05, 4.69) is 6.58 Å². The number of Topliss-reactive ketones (excluding diaryl/α,β-unsaturated/α-hetero) is 1. The van der Waals surface area contributed by atoms with E-state index >= 15 is 0 Å². The second-order valence-corrected chi connectivity index (χ2v) is 15.1. The van der Waals surface area contributed by atoms with Gasteiger partial charge in [0.05, 0.1) is 17.9 Å². The Balaban J connectivity index is 1.61. The average molecular weight is 689 g/mol. The van der Waals surface area contributed by atoms with Crippen molar-refractivity contribution in [2.24, 2.45) is 34.5 Å². The predicted molar refractivity (Wildman–Crippen MR) is 164 cm³/mol. The number of hydrogen-bond acceptors (Lipinski definition) is 14. The molecule has 0 spiro atoms.